The molecular formula is C22H19Cl2F2N3OS. The molecule has 2 aromatic carbocycles. The smallest absolute Gasteiger partial charge is 0.222 e. The molecule has 1 aliphatic rings. The van der Waals surface area contributed by atoms with Crippen LogP contribution >= 0.6 is 34.5 Å². The monoisotopic (exact) mass is 481 g/mol. The lowest BCUT2D eigenvalue weighted by molar-refractivity contribution is -0.127. The van der Waals surface area contributed by atoms with Crippen molar-refractivity contribution < 1.29 is 13.6 Å². The number of aromatic nitrogens is 1. The summed E-state index contributed by atoms with van der Waals surface area (Å²) in [5.74, 6) is -1.20. The summed E-state index contributed by atoms with van der Waals surface area (Å²) >= 11 is 13.6. The number of thiazole rings is 1. The van der Waals surface area contributed by atoms with Gasteiger partial charge in [0.25, 0.3) is 0 Å². The van der Waals surface area contributed by atoms with Crippen molar-refractivity contribution in [3.05, 3.63) is 68.3 Å². The van der Waals surface area contributed by atoms with Crippen molar-refractivity contribution >= 4 is 46.1 Å². The fourth-order valence-corrected chi connectivity index (χ4v) is 4.80. The first kappa shape index (κ1) is 22.0. The van der Waals surface area contributed by atoms with Crippen LogP contribution in [0.15, 0.2) is 46.8 Å². The van der Waals surface area contributed by atoms with Crippen molar-refractivity contribution in [2.75, 3.05) is 13.1 Å². The quantitative estimate of drug-likeness (QED) is 0.422. The molecule has 0 spiro atoms. The first-order valence-electron chi connectivity index (χ1n) is 9.83. The van der Waals surface area contributed by atoms with Gasteiger partial charge in [-0.3, -0.25) is 4.79 Å². The number of hydrogen-bond donors (Lipinski definition) is 0. The lowest BCUT2D eigenvalue weighted by Crippen LogP contribution is -2.27. The largest absolute Gasteiger partial charge is 0.343 e. The Morgan fingerprint density at radius 1 is 1.06 bits per heavy atom. The molecule has 9 heteroatoms. The van der Waals surface area contributed by atoms with Crippen molar-refractivity contribution in [3.8, 4) is 11.3 Å². The number of likely N-dealkylation sites (tertiary alicyclic amines) is 1. The number of nitrogens with zero attached hydrogens (tertiary/aromatic N) is 3. The minimum Gasteiger partial charge on any atom is -0.343 e. The van der Waals surface area contributed by atoms with Gasteiger partial charge >= 0.3 is 0 Å². The van der Waals surface area contributed by atoms with Gasteiger partial charge in [-0.1, -0.05) is 29.3 Å². The Morgan fingerprint density at radius 3 is 2.61 bits per heavy atom. The van der Waals surface area contributed by atoms with Gasteiger partial charge in [-0.15, -0.1) is 11.3 Å². The molecule has 2 heterocycles. The Morgan fingerprint density at radius 2 is 1.90 bits per heavy atom. The van der Waals surface area contributed by atoms with E-state index in [0.29, 0.717) is 34.4 Å². The summed E-state index contributed by atoms with van der Waals surface area (Å²) in [5.41, 5.74) is 1.77. The highest BCUT2D eigenvalue weighted by atomic mass is 35.5. The SMILES string of the molecule is O=C1CCCN1CCCn1c(-c2ccc(Cl)c(Cl)c2)csc1=Nc1ccc(F)cc1F. The van der Waals surface area contributed by atoms with E-state index < -0.39 is 11.6 Å². The third-order valence-electron chi connectivity index (χ3n) is 5.12. The van der Waals surface area contributed by atoms with E-state index in [1.807, 2.05) is 20.9 Å². The third-order valence-corrected chi connectivity index (χ3v) is 6.72. The van der Waals surface area contributed by atoms with Crippen LogP contribution in [0.2, 0.25) is 10.0 Å². The highest BCUT2D eigenvalue weighted by Crippen LogP contribution is 2.29. The van der Waals surface area contributed by atoms with Crippen molar-refractivity contribution in [1.29, 1.82) is 0 Å². The number of rotatable bonds is 6. The molecule has 4 nitrogen and oxygen atoms in total. The van der Waals surface area contributed by atoms with Crippen LogP contribution in [0.25, 0.3) is 11.3 Å². The van der Waals surface area contributed by atoms with E-state index in [9.17, 15) is 13.6 Å². The summed E-state index contributed by atoms with van der Waals surface area (Å²) in [4.78, 5) is 18.8. The second-order valence-electron chi connectivity index (χ2n) is 7.23. The predicted octanol–water partition coefficient (Wildman–Crippen LogP) is 6.05. The molecule has 1 aromatic heterocycles. The number of benzene rings is 2. The first-order valence-corrected chi connectivity index (χ1v) is 11.5. The molecule has 0 bridgehead atoms. The Kier molecular flexibility index (Phi) is 6.74. The highest BCUT2D eigenvalue weighted by molar-refractivity contribution is 7.07. The van der Waals surface area contributed by atoms with Gasteiger partial charge in [0.15, 0.2) is 10.6 Å². The lowest BCUT2D eigenvalue weighted by Gasteiger charge is -2.16. The van der Waals surface area contributed by atoms with E-state index in [2.05, 4.69) is 4.99 Å². The molecule has 162 valence electrons. The summed E-state index contributed by atoms with van der Waals surface area (Å²) in [6.45, 7) is 2.00. The van der Waals surface area contributed by atoms with E-state index in [4.69, 9.17) is 23.2 Å². The molecule has 0 aliphatic carbocycles. The normalized spacial score (nSPS) is 14.6. The van der Waals surface area contributed by atoms with E-state index in [1.165, 1.54) is 23.5 Å². The van der Waals surface area contributed by atoms with E-state index in [1.54, 1.807) is 12.1 Å². The van der Waals surface area contributed by atoms with Crippen LogP contribution in [0.3, 0.4) is 0 Å². The van der Waals surface area contributed by atoms with Gasteiger partial charge in [0.05, 0.1) is 15.7 Å². The van der Waals surface area contributed by atoms with Gasteiger partial charge in [0.2, 0.25) is 5.91 Å². The minimum absolute atomic E-state index is 0.0624. The number of carbonyl (C=O) groups excluding carboxylic acids is 1. The number of amides is 1. The number of carbonyl (C=O) groups is 1. The summed E-state index contributed by atoms with van der Waals surface area (Å²) in [6.07, 6.45) is 2.21. The molecule has 0 radical (unpaired) electrons. The van der Waals surface area contributed by atoms with Gasteiger partial charge in [0, 0.05) is 43.1 Å². The second kappa shape index (κ2) is 9.51. The average Bonchev–Trinajstić information content (AvgIpc) is 3.32. The zero-order valence-electron chi connectivity index (χ0n) is 16.5. The predicted molar refractivity (Wildman–Crippen MR) is 120 cm³/mol. The van der Waals surface area contributed by atoms with Gasteiger partial charge < -0.3 is 9.47 Å². The second-order valence-corrected chi connectivity index (χ2v) is 8.88. The maximum atomic E-state index is 14.2. The summed E-state index contributed by atoms with van der Waals surface area (Å²) in [7, 11) is 0. The molecule has 0 unspecified atom stereocenters. The highest BCUT2D eigenvalue weighted by Gasteiger charge is 2.19. The van der Waals surface area contributed by atoms with Crippen LogP contribution < -0.4 is 4.80 Å². The summed E-state index contributed by atoms with van der Waals surface area (Å²) < 4.78 is 29.4. The number of halogens is 4. The van der Waals surface area contributed by atoms with Gasteiger partial charge in [-0.05, 0) is 37.1 Å². The molecule has 1 fully saturated rings. The van der Waals surface area contributed by atoms with Gasteiger partial charge in [-0.2, -0.15) is 0 Å². The van der Waals surface area contributed by atoms with Crippen LogP contribution in [-0.2, 0) is 11.3 Å². The summed E-state index contributed by atoms with van der Waals surface area (Å²) in [5, 5.41) is 2.81. The van der Waals surface area contributed by atoms with Gasteiger partial charge in [0.1, 0.15) is 11.5 Å². The van der Waals surface area contributed by atoms with Crippen LogP contribution in [0, 0.1) is 11.6 Å². The Balaban J connectivity index is 1.70. The van der Waals surface area contributed by atoms with Crippen molar-refractivity contribution in [3.63, 3.8) is 0 Å². The van der Waals surface area contributed by atoms with E-state index in [-0.39, 0.29) is 11.6 Å². The van der Waals surface area contributed by atoms with Gasteiger partial charge in [-0.25, -0.2) is 13.8 Å². The Labute approximate surface area is 192 Å². The summed E-state index contributed by atoms with van der Waals surface area (Å²) in [6, 6.07) is 8.67. The molecule has 31 heavy (non-hydrogen) atoms. The molecule has 1 amide bonds. The van der Waals surface area contributed by atoms with Crippen molar-refractivity contribution in [1.82, 2.24) is 9.47 Å². The van der Waals surface area contributed by atoms with Crippen LogP contribution in [0.1, 0.15) is 19.3 Å². The average molecular weight is 482 g/mol. The molecule has 0 N–H and O–H groups in total. The zero-order chi connectivity index (χ0) is 22.0. The lowest BCUT2D eigenvalue weighted by atomic mass is 10.1. The van der Waals surface area contributed by atoms with E-state index in [0.717, 1.165) is 36.7 Å². The molecule has 3 aromatic rings. The molecule has 0 atom stereocenters. The molecule has 1 saturated heterocycles. The molecule has 0 saturated carbocycles. The molecule has 1 aliphatic heterocycles. The Hall–Kier alpha value is -2.22. The minimum atomic E-state index is -0.723. The van der Waals surface area contributed by atoms with Crippen LogP contribution in [-0.4, -0.2) is 28.5 Å². The van der Waals surface area contributed by atoms with Crippen LogP contribution in [0.4, 0.5) is 14.5 Å². The maximum Gasteiger partial charge on any atom is 0.222 e. The van der Waals surface area contributed by atoms with E-state index >= 15 is 0 Å². The third kappa shape index (κ3) is 5.00. The fourth-order valence-electron chi connectivity index (χ4n) is 3.56. The molecular weight excluding hydrogens is 463 g/mol. The van der Waals surface area contributed by atoms with Crippen LogP contribution in [0.5, 0.6) is 0 Å². The van der Waals surface area contributed by atoms with Crippen molar-refractivity contribution in [2.24, 2.45) is 4.99 Å². The first-order chi connectivity index (χ1) is 14.9. The van der Waals surface area contributed by atoms with Crippen molar-refractivity contribution in [2.45, 2.75) is 25.8 Å². The topological polar surface area (TPSA) is 37.6 Å². The fraction of sp³-hybridized carbons (Fsp3) is 0.273. The maximum absolute atomic E-state index is 14.2. The number of hydrogen-bond acceptors (Lipinski definition) is 3. The molecule has 4 rings (SSSR count). The standard InChI is InChI=1S/C22H19Cl2F2N3OS/c23-16-6-4-14(11-17(16)24)20-13-31-22(27-19-7-5-15(25)12-18(19)26)29(20)10-2-9-28-8-1-3-21(28)30/h4-7,11-13H,1-3,8-10H2. The zero-order valence-corrected chi connectivity index (χ0v) is 18.8. The Bertz CT molecular complexity index is 1190.